The van der Waals surface area contributed by atoms with Crippen molar-refractivity contribution in [3.8, 4) is 11.4 Å². The van der Waals surface area contributed by atoms with E-state index in [0.29, 0.717) is 11.4 Å². The molecule has 1 aromatic heterocycles. The number of aryl methyl sites for hydroxylation is 1. The second-order valence-electron chi connectivity index (χ2n) is 3.20. The number of nitrogens with zero attached hydrogens (tertiary/aromatic N) is 4. The second kappa shape index (κ2) is 4.09. The Morgan fingerprint density at radius 3 is 2.88 bits per heavy atom. The van der Waals surface area contributed by atoms with Crippen LogP contribution in [-0.4, -0.2) is 33.3 Å². The molecule has 0 unspecified atom stereocenters. The molecule has 0 fully saturated rings. The van der Waals surface area contributed by atoms with Gasteiger partial charge in [-0.3, -0.25) is 0 Å². The van der Waals surface area contributed by atoms with Gasteiger partial charge in [-0.15, -0.1) is 5.10 Å². The molecule has 0 aliphatic rings. The van der Waals surface area contributed by atoms with Gasteiger partial charge in [-0.05, 0) is 22.6 Å². The summed E-state index contributed by atoms with van der Waals surface area (Å²) in [6, 6.07) is 6.96. The minimum Gasteiger partial charge on any atom is -0.465 e. The number of rotatable bonds is 2. The number of esters is 1. The highest BCUT2D eigenvalue weighted by molar-refractivity contribution is 5.90. The van der Waals surface area contributed by atoms with E-state index in [2.05, 4.69) is 20.3 Å². The van der Waals surface area contributed by atoms with Gasteiger partial charge in [0.05, 0.1) is 12.7 Å². The minimum absolute atomic E-state index is 0.378. The van der Waals surface area contributed by atoms with Crippen LogP contribution in [0.4, 0.5) is 0 Å². The molecule has 0 aliphatic heterocycles. The molecule has 2 rings (SSSR count). The zero-order chi connectivity index (χ0) is 11.5. The van der Waals surface area contributed by atoms with Crippen molar-refractivity contribution in [1.82, 2.24) is 20.2 Å². The summed E-state index contributed by atoms with van der Waals surface area (Å²) in [5, 5.41) is 11.1. The summed E-state index contributed by atoms with van der Waals surface area (Å²) < 4.78 is 6.18. The predicted molar refractivity (Wildman–Crippen MR) is 55.6 cm³/mol. The number of hydrogen-bond acceptors (Lipinski definition) is 5. The molecule has 0 spiro atoms. The van der Waals surface area contributed by atoms with Crippen LogP contribution in [0.25, 0.3) is 11.4 Å². The van der Waals surface area contributed by atoms with Crippen LogP contribution < -0.4 is 0 Å². The van der Waals surface area contributed by atoms with Crippen LogP contribution >= 0.6 is 0 Å². The fourth-order valence-electron chi connectivity index (χ4n) is 1.38. The Morgan fingerprint density at radius 2 is 2.25 bits per heavy atom. The van der Waals surface area contributed by atoms with Crippen molar-refractivity contribution in [3.05, 3.63) is 29.8 Å². The van der Waals surface area contributed by atoms with Crippen LogP contribution in [0.15, 0.2) is 24.3 Å². The van der Waals surface area contributed by atoms with Crippen molar-refractivity contribution in [3.63, 3.8) is 0 Å². The van der Waals surface area contributed by atoms with Crippen LogP contribution in [0, 0.1) is 0 Å². The molecular weight excluding hydrogens is 208 g/mol. The Morgan fingerprint density at radius 1 is 1.44 bits per heavy atom. The molecule has 6 heteroatoms. The van der Waals surface area contributed by atoms with Gasteiger partial charge in [0.15, 0.2) is 5.82 Å². The molecule has 6 nitrogen and oxygen atoms in total. The monoisotopic (exact) mass is 218 g/mol. The third-order valence-electron chi connectivity index (χ3n) is 2.16. The number of aromatic nitrogens is 4. The summed E-state index contributed by atoms with van der Waals surface area (Å²) in [5.41, 5.74) is 1.25. The molecule has 1 heterocycles. The number of tetrazole rings is 1. The first-order valence-corrected chi connectivity index (χ1v) is 4.63. The lowest BCUT2D eigenvalue weighted by molar-refractivity contribution is 0.0601. The standard InChI is InChI=1S/C10H10N4O2/c1-14-9(11-12-13-14)7-4-3-5-8(6-7)10(15)16-2/h3-6H,1-2H3. The van der Waals surface area contributed by atoms with Gasteiger partial charge in [0.2, 0.25) is 0 Å². The van der Waals surface area contributed by atoms with Crippen LogP contribution in [0.3, 0.4) is 0 Å². The van der Waals surface area contributed by atoms with Crippen molar-refractivity contribution in [1.29, 1.82) is 0 Å². The van der Waals surface area contributed by atoms with E-state index in [9.17, 15) is 4.79 Å². The van der Waals surface area contributed by atoms with Crippen molar-refractivity contribution < 1.29 is 9.53 Å². The normalized spacial score (nSPS) is 10.1. The van der Waals surface area contributed by atoms with Gasteiger partial charge in [-0.2, -0.15) is 0 Å². The number of methoxy groups -OCH3 is 1. The van der Waals surface area contributed by atoms with Crippen LogP contribution in [-0.2, 0) is 11.8 Å². The van der Waals surface area contributed by atoms with Gasteiger partial charge >= 0.3 is 5.97 Å². The molecule has 0 saturated heterocycles. The third kappa shape index (κ3) is 1.77. The molecular formula is C10H10N4O2. The first kappa shape index (κ1) is 10.3. The number of carbonyl (C=O) groups excluding carboxylic acids is 1. The van der Waals surface area contributed by atoms with E-state index in [0.717, 1.165) is 5.56 Å². The quantitative estimate of drug-likeness (QED) is 0.692. The summed E-state index contributed by atoms with van der Waals surface area (Å²) >= 11 is 0. The fraction of sp³-hybridized carbons (Fsp3) is 0.200. The number of hydrogen-bond donors (Lipinski definition) is 0. The molecule has 16 heavy (non-hydrogen) atoms. The molecule has 1 aromatic carbocycles. The van der Waals surface area contributed by atoms with Crippen molar-refractivity contribution >= 4 is 5.97 Å². The lowest BCUT2D eigenvalue weighted by Crippen LogP contribution is -2.02. The Kier molecular flexibility index (Phi) is 2.63. The maximum Gasteiger partial charge on any atom is 0.337 e. The molecule has 82 valence electrons. The van der Waals surface area contributed by atoms with E-state index in [1.165, 1.54) is 11.8 Å². The number of carbonyl (C=O) groups is 1. The number of benzene rings is 1. The smallest absolute Gasteiger partial charge is 0.337 e. The number of ether oxygens (including phenoxy) is 1. The Bertz CT molecular complexity index is 521. The highest BCUT2D eigenvalue weighted by Crippen LogP contribution is 2.16. The average molecular weight is 218 g/mol. The Labute approximate surface area is 91.8 Å². The van der Waals surface area contributed by atoms with E-state index in [4.69, 9.17) is 0 Å². The van der Waals surface area contributed by atoms with Gasteiger partial charge in [-0.1, -0.05) is 12.1 Å². The summed E-state index contributed by atoms with van der Waals surface area (Å²) in [6.45, 7) is 0. The summed E-state index contributed by atoms with van der Waals surface area (Å²) in [5.74, 6) is 0.225. The third-order valence-corrected chi connectivity index (χ3v) is 2.16. The lowest BCUT2D eigenvalue weighted by Gasteiger charge is -2.02. The topological polar surface area (TPSA) is 69.9 Å². The first-order chi connectivity index (χ1) is 7.72. The van der Waals surface area contributed by atoms with Crippen molar-refractivity contribution in [2.45, 2.75) is 0 Å². The average Bonchev–Trinajstić information content (AvgIpc) is 2.74. The molecule has 0 radical (unpaired) electrons. The van der Waals surface area contributed by atoms with E-state index in [-0.39, 0.29) is 5.97 Å². The van der Waals surface area contributed by atoms with E-state index >= 15 is 0 Å². The van der Waals surface area contributed by atoms with Gasteiger partial charge in [0, 0.05) is 12.6 Å². The highest BCUT2D eigenvalue weighted by Gasteiger charge is 2.10. The second-order valence-corrected chi connectivity index (χ2v) is 3.20. The maximum atomic E-state index is 11.3. The fourth-order valence-corrected chi connectivity index (χ4v) is 1.38. The summed E-state index contributed by atoms with van der Waals surface area (Å²) in [4.78, 5) is 11.3. The Balaban J connectivity index is 2.44. The molecule has 0 N–H and O–H groups in total. The Hall–Kier alpha value is -2.24. The van der Waals surface area contributed by atoms with E-state index < -0.39 is 0 Å². The zero-order valence-electron chi connectivity index (χ0n) is 8.91. The summed E-state index contributed by atoms with van der Waals surface area (Å²) in [7, 11) is 3.08. The van der Waals surface area contributed by atoms with Gasteiger partial charge < -0.3 is 4.74 Å². The SMILES string of the molecule is COC(=O)c1cccc(-c2nnnn2C)c1. The molecule has 2 aromatic rings. The van der Waals surface area contributed by atoms with Crippen molar-refractivity contribution in [2.24, 2.45) is 7.05 Å². The van der Waals surface area contributed by atoms with Gasteiger partial charge in [-0.25, -0.2) is 9.48 Å². The molecule has 0 bridgehead atoms. The van der Waals surface area contributed by atoms with Crippen LogP contribution in [0.1, 0.15) is 10.4 Å². The summed E-state index contributed by atoms with van der Waals surface area (Å²) in [6.07, 6.45) is 0. The van der Waals surface area contributed by atoms with E-state index in [1.54, 1.807) is 25.2 Å². The molecule has 0 atom stereocenters. The molecule has 0 saturated carbocycles. The highest BCUT2D eigenvalue weighted by atomic mass is 16.5. The molecule has 0 aliphatic carbocycles. The van der Waals surface area contributed by atoms with Crippen LogP contribution in [0.2, 0.25) is 0 Å². The maximum absolute atomic E-state index is 11.3. The minimum atomic E-state index is -0.378. The first-order valence-electron chi connectivity index (χ1n) is 4.63. The molecule has 0 amide bonds. The largest absolute Gasteiger partial charge is 0.465 e. The van der Waals surface area contributed by atoms with Gasteiger partial charge in [0.1, 0.15) is 0 Å². The zero-order valence-corrected chi connectivity index (χ0v) is 8.91. The van der Waals surface area contributed by atoms with Gasteiger partial charge in [0.25, 0.3) is 0 Å². The van der Waals surface area contributed by atoms with Crippen molar-refractivity contribution in [2.75, 3.05) is 7.11 Å². The van der Waals surface area contributed by atoms with E-state index in [1.807, 2.05) is 6.07 Å². The van der Waals surface area contributed by atoms with Crippen LogP contribution in [0.5, 0.6) is 0 Å². The lowest BCUT2D eigenvalue weighted by atomic mass is 10.1. The predicted octanol–water partition coefficient (Wildman–Crippen LogP) is 0.664.